The zero-order chi connectivity index (χ0) is 13.5. The van der Waals surface area contributed by atoms with E-state index in [9.17, 15) is 0 Å². The lowest BCUT2D eigenvalue weighted by Crippen LogP contribution is -2.28. The summed E-state index contributed by atoms with van der Waals surface area (Å²) in [6.45, 7) is 2.95. The van der Waals surface area contributed by atoms with Crippen LogP contribution in [0.3, 0.4) is 0 Å². The predicted molar refractivity (Wildman–Crippen MR) is 77.9 cm³/mol. The SMILES string of the molecule is CCc1nn(C)c(CC(CCCOC)NC)c1Br. The summed E-state index contributed by atoms with van der Waals surface area (Å²) in [5.74, 6) is 0. The molecule has 0 saturated heterocycles. The Balaban J connectivity index is 2.66. The third-order valence-electron chi connectivity index (χ3n) is 3.25. The van der Waals surface area contributed by atoms with Crippen molar-refractivity contribution in [1.82, 2.24) is 15.1 Å². The van der Waals surface area contributed by atoms with Gasteiger partial charge in [-0.1, -0.05) is 6.92 Å². The minimum Gasteiger partial charge on any atom is -0.385 e. The molecule has 18 heavy (non-hydrogen) atoms. The van der Waals surface area contributed by atoms with Crippen LogP contribution in [0.5, 0.6) is 0 Å². The molecule has 4 nitrogen and oxygen atoms in total. The van der Waals surface area contributed by atoms with Gasteiger partial charge in [0.25, 0.3) is 0 Å². The van der Waals surface area contributed by atoms with Gasteiger partial charge in [-0.25, -0.2) is 0 Å². The Bertz CT molecular complexity index is 365. The van der Waals surface area contributed by atoms with Crippen molar-refractivity contribution in [3.05, 3.63) is 15.9 Å². The normalized spacial score (nSPS) is 12.9. The smallest absolute Gasteiger partial charge is 0.0766 e. The first kappa shape index (κ1) is 15.7. The largest absolute Gasteiger partial charge is 0.385 e. The highest BCUT2D eigenvalue weighted by atomic mass is 79.9. The lowest BCUT2D eigenvalue weighted by atomic mass is 10.1. The Morgan fingerprint density at radius 3 is 2.72 bits per heavy atom. The maximum absolute atomic E-state index is 5.10. The predicted octanol–water partition coefficient (Wildman–Crippen LogP) is 2.30. The molecule has 0 saturated carbocycles. The second-order valence-electron chi connectivity index (χ2n) is 4.51. The molecule has 1 rings (SSSR count). The Labute approximate surface area is 118 Å². The van der Waals surface area contributed by atoms with Crippen LogP contribution in [-0.2, 0) is 24.6 Å². The second kappa shape index (κ2) is 7.92. The van der Waals surface area contributed by atoms with Gasteiger partial charge in [0.2, 0.25) is 0 Å². The fourth-order valence-electron chi connectivity index (χ4n) is 2.10. The van der Waals surface area contributed by atoms with Gasteiger partial charge in [0, 0.05) is 33.2 Å². The van der Waals surface area contributed by atoms with E-state index in [0.717, 1.165) is 38.0 Å². The number of aryl methyl sites for hydroxylation is 2. The highest BCUT2D eigenvalue weighted by molar-refractivity contribution is 9.10. The molecule has 1 unspecified atom stereocenters. The third-order valence-corrected chi connectivity index (χ3v) is 4.17. The maximum Gasteiger partial charge on any atom is 0.0766 e. The molecule has 0 aromatic carbocycles. The van der Waals surface area contributed by atoms with Crippen LogP contribution in [0.2, 0.25) is 0 Å². The van der Waals surface area contributed by atoms with E-state index in [1.165, 1.54) is 10.2 Å². The summed E-state index contributed by atoms with van der Waals surface area (Å²) >= 11 is 3.67. The van der Waals surface area contributed by atoms with Crippen LogP contribution in [-0.4, -0.2) is 36.6 Å². The molecular weight excluding hydrogens is 294 g/mol. The van der Waals surface area contributed by atoms with E-state index in [1.807, 2.05) is 18.8 Å². The number of halogens is 1. The Morgan fingerprint density at radius 1 is 1.50 bits per heavy atom. The van der Waals surface area contributed by atoms with Gasteiger partial charge in [0.05, 0.1) is 15.9 Å². The van der Waals surface area contributed by atoms with Gasteiger partial charge in [-0.05, 0) is 42.2 Å². The standard InChI is InChI=1S/C13H24BrN3O/c1-5-11-13(14)12(17(3)16-11)9-10(15-2)7-6-8-18-4/h10,15H,5-9H2,1-4H3. The van der Waals surface area contributed by atoms with Crippen LogP contribution in [0.1, 0.15) is 31.2 Å². The van der Waals surface area contributed by atoms with Crippen LogP contribution in [0.25, 0.3) is 0 Å². The van der Waals surface area contributed by atoms with E-state index in [0.29, 0.717) is 6.04 Å². The lowest BCUT2D eigenvalue weighted by molar-refractivity contribution is 0.189. The van der Waals surface area contributed by atoms with Gasteiger partial charge in [-0.2, -0.15) is 5.10 Å². The number of likely N-dealkylation sites (N-methyl/N-ethyl adjacent to an activating group) is 1. The molecule has 0 amide bonds. The molecule has 1 aromatic heterocycles. The van der Waals surface area contributed by atoms with Crippen molar-refractivity contribution in [2.24, 2.45) is 7.05 Å². The summed E-state index contributed by atoms with van der Waals surface area (Å²) in [4.78, 5) is 0. The molecule has 0 radical (unpaired) electrons. The van der Waals surface area contributed by atoms with Crippen molar-refractivity contribution < 1.29 is 4.74 Å². The number of nitrogens with one attached hydrogen (secondary N) is 1. The van der Waals surface area contributed by atoms with Crippen molar-refractivity contribution in [1.29, 1.82) is 0 Å². The molecule has 0 aliphatic heterocycles. The molecular formula is C13H24BrN3O. The molecule has 0 bridgehead atoms. The molecule has 0 spiro atoms. The van der Waals surface area contributed by atoms with Crippen molar-refractivity contribution in [2.75, 3.05) is 20.8 Å². The van der Waals surface area contributed by atoms with E-state index in [-0.39, 0.29) is 0 Å². The van der Waals surface area contributed by atoms with Crippen molar-refractivity contribution in [3.63, 3.8) is 0 Å². The average molecular weight is 318 g/mol. The third kappa shape index (κ3) is 4.07. The topological polar surface area (TPSA) is 39.1 Å². The van der Waals surface area contributed by atoms with E-state index in [1.54, 1.807) is 7.11 Å². The number of hydrogen-bond acceptors (Lipinski definition) is 3. The Hall–Kier alpha value is -0.390. The van der Waals surface area contributed by atoms with Gasteiger partial charge in [0.15, 0.2) is 0 Å². The molecule has 1 atom stereocenters. The zero-order valence-corrected chi connectivity index (χ0v) is 13.4. The molecule has 0 aliphatic carbocycles. The van der Waals surface area contributed by atoms with Gasteiger partial charge in [-0.15, -0.1) is 0 Å². The number of ether oxygens (including phenoxy) is 1. The molecule has 1 heterocycles. The summed E-state index contributed by atoms with van der Waals surface area (Å²) in [6.07, 6.45) is 4.15. The Morgan fingerprint density at radius 2 is 2.22 bits per heavy atom. The molecule has 104 valence electrons. The summed E-state index contributed by atoms with van der Waals surface area (Å²) in [7, 11) is 5.78. The number of aromatic nitrogens is 2. The van der Waals surface area contributed by atoms with E-state index >= 15 is 0 Å². The number of methoxy groups -OCH3 is 1. The van der Waals surface area contributed by atoms with Gasteiger partial charge in [-0.3, -0.25) is 4.68 Å². The summed E-state index contributed by atoms with van der Waals surface area (Å²) in [5, 5.41) is 7.90. The Kier molecular flexibility index (Phi) is 6.89. The van der Waals surface area contributed by atoms with Crippen molar-refractivity contribution >= 4 is 15.9 Å². The van der Waals surface area contributed by atoms with Gasteiger partial charge >= 0.3 is 0 Å². The molecule has 1 aromatic rings. The summed E-state index contributed by atoms with van der Waals surface area (Å²) < 4.78 is 8.26. The van der Waals surface area contributed by atoms with E-state index in [2.05, 4.69) is 33.3 Å². The van der Waals surface area contributed by atoms with Crippen LogP contribution < -0.4 is 5.32 Å². The minimum atomic E-state index is 0.469. The second-order valence-corrected chi connectivity index (χ2v) is 5.30. The highest BCUT2D eigenvalue weighted by Crippen LogP contribution is 2.23. The van der Waals surface area contributed by atoms with Crippen LogP contribution >= 0.6 is 15.9 Å². The van der Waals surface area contributed by atoms with E-state index < -0.39 is 0 Å². The van der Waals surface area contributed by atoms with Crippen molar-refractivity contribution in [2.45, 2.75) is 38.6 Å². The quantitative estimate of drug-likeness (QED) is 0.748. The molecule has 1 N–H and O–H groups in total. The maximum atomic E-state index is 5.10. The number of rotatable bonds is 8. The molecule has 0 aliphatic rings. The minimum absolute atomic E-state index is 0.469. The fourth-order valence-corrected chi connectivity index (χ4v) is 2.88. The monoisotopic (exact) mass is 317 g/mol. The van der Waals surface area contributed by atoms with Crippen LogP contribution in [0, 0.1) is 0 Å². The number of nitrogens with zero attached hydrogens (tertiary/aromatic N) is 2. The summed E-state index contributed by atoms with van der Waals surface area (Å²) in [6, 6.07) is 0.469. The first-order valence-corrected chi connectivity index (χ1v) is 7.29. The van der Waals surface area contributed by atoms with Gasteiger partial charge in [0.1, 0.15) is 0 Å². The summed E-state index contributed by atoms with van der Waals surface area (Å²) in [5.41, 5.74) is 2.41. The first-order chi connectivity index (χ1) is 8.63. The molecule has 5 heteroatoms. The van der Waals surface area contributed by atoms with E-state index in [4.69, 9.17) is 4.74 Å². The lowest BCUT2D eigenvalue weighted by Gasteiger charge is -2.16. The van der Waals surface area contributed by atoms with Crippen molar-refractivity contribution in [3.8, 4) is 0 Å². The number of hydrogen-bond donors (Lipinski definition) is 1. The van der Waals surface area contributed by atoms with Crippen LogP contribution in [0.15, 0.2) is 4.47 Å². The molecule has 0 fully saturated rings. The first-order valence-electron chi connectivity index (χ1n) is 6.50. The van der Waals surface area contributed by atoms with Crippen LogP contribution in [0.4, 0.5) is 0 Å². The highest BCUT2D eigenvalue weighted by Gasteiger charge is 2.16. The average Bonchev–Trinajstić information content (AvgIpc) is 2.64. The fraction of sp³-hybridized carbons (Fsp3) is 0.769. The zero-order valence-electron chi connectivity index (χ0n) is 11.8. The van der Waals surface area contributed by atoms with Gasteiger partial charge < -0.3 is 10.1 Å².